The number of para-hydroxylation sites is 1. The highest BCUT2D eigenvalue weighted by atomic mass is 32.2. The van der Waals surface area contributed by atoms with Crippen molar-refractivity contribution in [1.82, 2.24) is 10.0 Å². The van der Waals surface area contributed by atoms with E-state index < -0.39 is 11.9 Å². The summed E-state index contributed by atoms with van der Waals surface area (Å²) >= 11 is 1.07. The number of hydrogen-bond acceptors (Lipinski definition) is 6. The minimum absolute atomic E-state index is 0.0642. The summed E-state index contributed by atoms with van der Waals surface area (Å²) < 4.78 is 13.9. The number of imide groups is 1. The maximum absolute atomic E-state index is 12.4. The molecule has 32 heavy (non-hydrogen) atoms. The molecular weight excluding hydrogens is 426 g/mol. The highest BCUT2D eigenvalue weighted by molar-refractivity contribution is 7.98. The van der Waals surface area contributed by atoms with Crippen molar-refractivity contribution < 1.29 is 18.7 Å². The van der Waals surface area contributed by atoms with E-state index in [2.05, 4.69) is 10.0 Å². The van der Waals surface area contributed by atoms with Crippen LogP contribution >= 0.6 is 11.9 Å². The summed E-state index contributed by atoms with van der Waals surface area (Å²) in [6, 6.07) is 23.2. The number of carbonyl (C=O) groups is 2. The lowest BCUT2D eigenvalue weighted by atomic mass is 10.2. The second-order valence-electron chi connectivity index (χ2n) is 7.10. The van der Waals surface area contributed by atoms with Gasteiger partial charge in [-0.1, -0.05) is 24.3 Å². The van der Waals surface area contributed by atoms with Gasteiger partial charge in [0.25, 0.3) is 5.91 Å². The van der Waals surface area contributed by atoms with Crippen molar-refractivity contribution in [3.8, 4) is 11.5 Å². The number of anilines is 1. The summed E-state index contributed by atoms with van der Waals surface area (Å²) in [6.07, 6.45) is 0. The SMILES string of the molecule is CN(C)c1ccc2oc(C(=O)NC(=O)NSc3cccc(Oc4ccccc4)c3)cc2c1. The van der Waals surface area contributed by atoms with Crippen LogP contribution in [0.4, 0.5) is 10.5 Å². The molecule has 0 saturated carbocycles. The zero-order chi connectivity index (χ0) is 22.5. The smallest absolute Gasteiger partial charge is 0.332 e. The Balaban J connectivity index is 1.34. The topological polar surface area (TPSA) is 83.8 Å². The number of carbonyl (C=O) groups excluding carboxylic acids is 2. The van der Waals surface area contributed by atoms with E-state index in [1.165, 1.54) is 0 Å². The molecule has 8 heteroatoms. The summed E-state index contributed by atoms with van der Waals surface area (Å²) in [5.74, 6) is 0.800. The number of urea groups is 1. The number of benzene rings is 3. The van der Waals surface area contributed by atoms with E-state index in [0.717, 1.165) is 33.7 Å². The van der Waals surface area contributed by atoms with Crippen molar-refractivity contribution in [2.45, 2.75) is 4.90 Å². The number of rotatable bonds is 6. The molecule has 0 aliphatic rings. The van der Waals surface area contributed by atoms with Gasteiger partial charge in [-0.15, -0.1) is 0 Å². The molecule has 0 fully saturated rings. The van der Waals surface area contributed by atoms with Crippen molar-refractivity contribution in [2.24, 2.45) is 0 Å². The molecule has 0 aliphatic heterocycles. The summed E-state index contributed by atoms with van der Waals surface area (Å²) in [4.78, 5) is 27.3. The van der Waals surface area contributed by atoms with E-state index in [4.69, 9.17) is 9.15 Å². The second kappa shape index (κ2) is 9.49. The van der Waals surface area contributed by atoms with E-state index in [9.17, 15) is 9.59 Å². The van der Waals surface area contributed by atoms with Crippen LogP contribution in [0.5, 0.6) is 11.5 Å². The van der Waals surface area contributed by atoms with Crippen LogP contribution in [0.1, 0.15) is 10.6 Å². The van der Waals surface area contributed by atoms with Gasteiger partial charge in [0.05, 0.1) is 0 Å². The Morgan fingerprint density at radius 1 is 0.906 bits per heavy atom. The first-order chi connectivity index (χ1) is 15.5. The predicted molar refractivity (Wildman–Crippen MR) is 125 cm³/mol. The average molecular weight is 448 g/mol. The molecule has 0 unspecified atom stereocenters. The van der Waals surface area contributed by atoms with Gasteiger partial charge in [0.2, 0.25) is 0 Å². The first-order valence-electron chi connectivity index (χ1n) is 9.80. The quantitative estimate of drug-likeness (QED) is 0.383. The Bertz CT molecular complexity index is 1250. The van der Waals surface area contributed by atoms with Crippen LogP contribution in [0, 0.1) is 0 Å². The van der Waals surface area contributed by atoms with Gasteiger partial charge in [-0.05, 0) is 66.5 Å². The third-order valence-electron chi connectivity index (χ3n) is 4.51. The van der Waals surface area contributed by atoms with Gasteiger partial charge in [-0.2, -0.15) is 0 Å². The van der Waals surface area contributed by atoms with E-state index in [1.807, 2.05) is 79.7 Å². The lowest BCUT2D eigenvalue weighted by Crippen LogP contribution is -2.36. The van der Waals surface area contributed by atoms with Crippen LogP contribution in [-0.2, 0) is 0 Å². The summed E-state index contributed by atoms with van der Waals surface area (Å²) in [7, 11) is 3.86. The van der Waals surface area contributed by atoms with Crippen LogP contribution in [0.2, 0.25) is 0 Å². The summed E-state index contributed by atoms with van der Waals surface area (Å²) in [5, 5.41) is 3.06. The molecule has 2 N–H and O–H groups in total. The lowest BCUT2D eigenvalue weighted by Gasteiger charge is -2.11. The van der Waals surface area contributed by atoms with Crippen molar-refractivity contribution in [3.63, 3.8) is 0 Å². The molecule has 3 amide bonds. The van der Waals surface area contributed by atoms with Crippen molar-refractivity contribution >= 4 is 40.5 Å². The second-order valence-corrected chi connectivity index (χ2v) is 7.98. The van der Waals surface area contributed by atoms with Gasteiger partial charge in [0, 0.05) is 30.1 Å². The highest BCUT2D eigenvalue weighted by Crippen LogP contribution is 2.26. The van der Waals surface area contributed by atoms with Gasteiger partial charge in [-0.3, -0.25) is 14.8 Å². The Labute approximate surface area is 189 Å². The Morgan fingerprint density at radius 3 is 2.47 bits per heavy atom. The molecule has 4 aromatic rings. The number of amides is 3. The number of nitrogens with zero attached hydrogens (tertiary/aromatic N) is 1. The average Bonchev–Trinajstić information content (AvgIpc) is 3.22. The fourth-order valence-electron chi connectivity index (χ4n) is 2.94. The molecule has 3 aromatic carbocycles. The first kappa shape index (κ1) is 21.3. The van der Waals surface area contributed by atoms with Crippen LogP contribution < -0.4 is 19.7 Å². The zero-order valence-corrected chi connectivity index (χ0v) is 18.3. The lowest BCUT2D eigenvalue weighted by molar-refractivity contribution is 0.0940. The molecular formula is C24H21N3O4S. The van der Waals surface area contributed by atoms with Gasteiger partial charge in [-0.25, -0.2) is 4.79 Å². The highest BCUT2D eigenvalue weighted by Gasteiger charge is 2.16. The molecule has 0 atom stereocenters. The fourth-order valence-corrected chi connectivity index (χ4v) is 3.53. The van der Waals surface area contributed by atoms with Crippen molar-refractivity contribution in [2.75, 3.05) is 19.0 Å². The predicted octanol–water partition coefficient (Wildman–Crippen LogP) is 5.44. The van der Waals surface area contributed by atoms with Gasteiger partial charge >= 0.3 is 6.03 Å². The minimum atomic E-state index is -0.649. The number of nitrogens with one attached hydrogen (secondary N) is 2. The third kappa shape index (κ3) is 5.22. The van der Waals surface area contributed by atoms with Crippen LogP contribution in [0.25, 0.3) is 11.0 Å². The Kier molecular flexibility index (Phi) is 6.32. The Morgan fingerprint density at radius 2 is 1.69 bits per heavy atom. The maximum Gasteiger partial charge on any atom is 0.332 e. The fraction of sp³-hybridized carbons (Fsp3) is 0.0833. The molecule has 0 spiro atoms. The Hall–Kier alpha value is -3.91. The molecule has 0 aliphatic carbocycles. The van der Waals surface area contributed by atoms with E-state index >= 15 is 0 Å². The van der Waals surface area contributed by atoms with Gasteiger partial charge in [0.1, 0.15) is 17.1 Å². The van der Waals surface area contributed by atoms with Gasteiger partial charge in [0.15, 0.2) is 5.76 Å². The standard InChI is InChI=1S/C24H21N3O4S/c1-27(2)17-11-12-21-16(13-17)14-22(31-21)23(28)25-24(29)26-32-20-10-6-9-19(15-20)30-18-7-4-3-5-8-18/h3-15H,1-2H3,(H2,25,26,28,29). The number of hydrogen-bond donors (Lipinski definition) is 2. The third-order valence-corrected chi connectivity index (χ3v) is 5.29. The largest absolute Gasteiger partial charge is 0.457 e. The molecule has 1 aromatic heterocycles. The van der Waals surface area contributed by atoms with Gasteiger partial charge < -0.3 is 14.1 Å². The monoisotopic (exact) mass is 447 g/mol. The molecule has 4 rings (SSSR count). The maximum atomic E-state index is 12.4. The summed E-state index contributed by atoms with van der Waals surface area (Å²) in [5.41, 5.74) is 1.56. The molecule has 162 valence electrons. The van der Waals surface area contributed by atoms with Crippen molar-refractivity contribution in [1.29, 1.82) is 0 Å². The molecule has 0 radical (unpaired) electrons. The molecule has 1 heterocycles. The summed E-state index contributed by atoms with van der Waals surface area (Å²) in [6.45, 7) is 0. The normalized spacial score (nSPS) is 10.6. The zero-order valence-electron chi connectivity index (χ0n) is 17.5. The first-order valence-corrected chi connectivity index (χ1v) is 10.6. The van der Waals surface area contributed by atoms with Crippen LogP contribution in [0.15, 0.2) is 88.2 Å². The number of ether oxygens (including phenoxy) is 1. The number of furan rings is 1. The molecule has 0 bridgehead atoms. The minimum Gasteiger partial charge on any atom is -0.457 e. The van der Waals surface area contributed by atoms with E-state index in [-0.39, 0.29) is 5.76 Å². The van der Waals surface area contributed by atoms with E-state index in [0.29, 0.717) is 11.3 Å². The number of fused-ring (bicyclic) bond motifs is 1. The van der Waals surface area contributed by atoms with Crippen LogP contribution in [0.3, 0.4) is 0 Å². The molecule has 7 nitrogen and oxygen atoms in total. The van der Waals surface area contributed by atoms with E-state index in [1.54, 1.807) is 18.2 Å². The van der Waals surface area contributed by atoms with Crippen LogP contribution in [-0.4, -0.2) is 26.0 Å². The van der Waals surface area contributed by atoms with Crippen molar-refractivity contribution in [3.05, 3.63) is 84.6 Å². The molecule has 0 saturated heterocycles.